The molecule has 1 aliphatic heterocycles. The molecule has 5 heteroatoms. The first kappa shape index (κ1) is 16.3. The molecule has 1 saturated carbocycles. The standard InChI is InChI=1S/C19H23ClN2OS/c20-15-6-7-17-16(12-15)21-18(24-17)13-8-10-22(11-9-13)19(23)14-4-2-1-3-5-14/h6-7,12-14H,1-5,8-11H2. The van der Waals surface area contributed by atoms with Crippen molar-refractivity contribution >= 4 is 39.1 Å². The van der Waals surface area contributed by atoms with Gasteiger partial charge in [0.25, 0.3) is 0 Å². The maximum atomic E-state index is 12.7. The van der Waals surface area contributed by atoms with E-state index >= 15 is 0 Å². The second kappa shape index (κ2) is 7.01. The summed E-state index contributed by atoms with van der Waals surface area (Å²) in [7, 11) is 0. The van der Waals surface area contributed by atoms with Crippen LogP contribution >= 0.6 is 22.9 Å². The van der Waals surface area contributed by atoms with Crippen molar-refractivity contribution in [3.05, 3.63) is 28.2 Å². The lowest BCUT2D eigenvalue weighted by atomic mass is 9.87. The molecule has 128 valence electrons. The summed E-state index contributed by atoms with van der Waals surface area (Å²) in [6, 6.07) is 5.93. The number of carbonyl (C=O) groups excluding carboxylic acids is 1. The van der Waals surface area contributed by atoms with Crippen LogP contribution in [0.15, 0.2) is 18.2 Å². The molecule has 1 amide bonds. The maximum Gasteiger partial charge on any atom is 0.225 e. The fourth-order valence-electron chi connectivity index (χ4n) is 4.05. The molecule has 0 bridgehead atoms. The molecule has 4 rings (SSSR count). The van der Waals surface area contributed by atoms with Crippen molar-refractivity contribution in [2.75, 3.05) is 13.1 Å². The van der Waals surface area contributed by atoms with Crippen molar-refractivity contribution in [3.63, 3.8) is 0 Å². The molecule has 24 heavy (non-hydrogen) atoms. The predicted octanol–water partition coefficient (Wildman–Crippen LogP) is 5.24. The Kier molecular flexibility index (Phi) is 4.77. The predicted molar refractivity (Wildman–Crippen MR) is 99.8 cm³/mol. The Morgan fingerprint density at radius 1 is 1.12 bits per heavy atom. The van der Waals surface area contributed by atoms with E-state index in [9.17, 15) is 4.79 Å². The fourth-order valence-corrected chi connectivity index (χ4v) is 5.33. The average Bonchev–Trinajstić information content (AvgIpc) is 3.05. The van der Waals surface area contributed by atoms with E-state index in [-0.39, 0.29) is 0 Å². The van der Waals surface area contributed by atoms with Crippen molar-refractivity contribution in [2.24, 2.45) is 5.92 Å². The number of hydrogen-bond donors (Lipinski definition) is 0. The van der Waals surface area contributed by atoms with E-state index in [2.05, 4.69) is 11.0 Å². The first-order chi connectivity index (χ1) is 11.7. The summed E-state index contributed by atoms with van der Waals surface area (Å²) in [5.41, 5.74) is 1.00. The van der Waals surface area contributed by atoms with E-state index in [4.69, 9.17) is 16.6 Å². The van der Waals surface area contributed by atoms with Gasteiger partial charge in [-0.3, -0.25) is 4.79 Å². The third-order valence-corrected chi connectivity index (χ3v) is 6.91. The summed E-state index contributed by atoms with van der Waals surface area (Å²) in [5, 5.41) is 1.95. The lowest BCUT2D eigenvalue weighted by molar-refractivity contribution is -0.137. The van der Waals surface area contributed by atoms with Crippen LogP contribution in [-0.2, 0) is 4.79 Å². The number of aromatic nitrogens is 1. The molecule has 1 aliphatic carbocycles. The number of thiazole rings is 1. The van der Waals surface area contributed by atoms with Gasteiger partial charge in [0.1, 0.15) is 0 Å². The number of carbonyl (C=O) groups is 1. The molecule has 0 spiro atoms. The van der Waals surface area contributed by atoms with Crippen LogP contribution in [0.3, 0.4) is 0 Å². The van der Waals surface area contributed by atoms with Crippen molar-refractivity contribution < 1.29 is 4.79 Å². The molecular formula is C19H23ClN2OS. The van der Waals surface area contributed by atoms with Crippen molar-refractivity contribution in [1.29, 1.82) is 0 Å². The van der Waals surface area contributed by atoms with E-state index in [1.807, 2.05) is 12.1 Å². The molecule has 0 radical (unpaired) electrons. The third-order valence-electron chi connectivity index (χ3n) is 5.48. The van der Waals surface area contributed by atoms with Gasteiger partial charge in [0.05, 0.1) is 15.2 Å². The van der Waals surface area contributed by atoms with Crippen LogP contribution < -0.4 is 0 Å². The molecule has 2 aliphatic rings. The quantitative estimate of drug-likeness (QED) is 0.732. The third kappa shape index (κ3) is 3.31. The number of hydrogen-bond acceptors (Lipinski definition) is 3. The van der Waals surface area contributed by atoms with Crippen molar-refractivity contribution in [1.82, 2.24) is 9.88 Å². The molecule has 1 saturated heterocycles. The molecule has 2 aromatic rings. The summed E-state index contributed by atoms with van der Waals surface area (Å²) >= 11 is 7.84. The van der Waals surface area contributed by atoms with Crippen LogP contribution in [0.1, 0.15) is 55.9 Å². The number of nitrogens with zero attached hydrogens (tertiary/aromatic N) is 2. The van der Waals surface area contributed by atoms with Gasteiger partial charge in [0, 0.05) is 29.9 Å². The molecule has 2 heterocycles. The SMILES string of the molecule is O=C(C1CCCCC1)N1CCC(c2nc3cc(Cl)ccc3s2)CC1. The van der Waals surface area contributed by atoms with Gasteiger partial charge in [-0.15, -0.1) is 11.3 Å². The summed E-state index contributed by atoms with van der Waals surface area (Å²) in [6.07, 6.45) is 8.00. The number of likely N-dealkylation sites (tertiary alicyclic amines) is 1. The van der Waals surface area contributed by atoms with E-state index in [0.717, 1.165) is 49.3 Å². The molecule has 1 aromatic carbocycles. The summed E-state index contributed by atoms with van der Waals surface area (Å²) in [4.78, 5) is 19.6. The Morgan fingerprint density at radius 3 is 2.62 bits per heavy atom. The molecule has 0 atom stereocenters. The van der Waals surface area contributed by atoms with E-state index in [0.29, 0.717) is 17.7 Å². The Labute approximate surface area is 152 Å². The summed E-state index contributed by atoms with van der Waals surface area (Å²) in [6.45, 7) is 1.77. The zero-order valence-corrected chi connectivity index (χ0v) is 15.4. The monoisotopic (exact) mass is 362 g/mol. The highest BCUT2D eigenvalue weighted by Gasteiger charge is 2.30. The van der Waals surface area contributed by atoms with Crippen LogP contribution in [-0.4, -0.2) is 28.9 Å². The molecule has 0 unspecified atom stereocenters. The first-order valence-corrected chi connectivity index (χ1v) is 10.2. The summed E-state index contributed by atoms with van der Waals surface area (Å²) < 4.78 is 1.20. The maximum absolute atomic E-state index is 12.7. The van der Waals surface area contributed by atoms with Gasteiger partial charge in [-0.25, -0.2) is 4.98 Å². The minimum Gasteiger partial charge on any atom is -0.342 e. The van der Waals surface area contributed by atoms with Crippen LogP contribution in [0.2, 0.25) is 5.02 Å². The molecule has 3 nitrogen and oxygen atoms in total. The first-order valence-electron chi connectivity index (χ1n) is 9.05. The van der Waals surface area contributed by atoms with Crippen molar-refractivity contribution in [3.8, 4) is 0 Å². The number of benzene rings is 1. The number of fused-ring (bicyclic) bond motifs is 1. The highest BCUT2D eigenvalue weighted by molar-refractivity contribution is 7.18. The van der Waals surface area contributed by atoms with Gasteiger partial charge in [-0.05, 0) is 43.9 Å². The highest BCUT2D eigenvalue weighted by Crippen LogP contribution is 2.35. The number of amides is 1. The normalized spacial score (nSPS) is 20.6. The smallest absolute Gasteiger partial charge is 0.225 e. The zero-order chi connectivity index (χ0) is 16.5. The number of piperidine rings is 1. The minimum absolute atomic E-state index is 0.292. The van der Waals surface area contributed by atoms with E-state index in [1.165, 1.54) is 29.0 Å². The van der Waals surface area contributed by atoms with Crippen LogP contribution in [0.4, 0.5) is 0 Å². The minimum atomic E-state index is 0.292. The van der Waals surface area contributed by atoms with Gasteiger partial charge in [0.15, 0.2) is 0 Å². The lowest BCUT2D eigenvalue weighted by Crippen LogP contribution is -2.41. The molecular weight excluding hydrogens is 340 g/mol. The second-order valence-electron chi connectivity index (χ2n) is 7.10. The van der Waals surface area contributed by atoms with Gasteiger partial charge < -0.3 is 4.90 Å². The lowest BCUT2D eigenvalue weighted by Gasteiger charge is -2.34. The second-order valence-corrected chi connectivity index (χ2v) is 8.60. The number of halogens is 1. The van der Waals surface area contributed by atoms with Gasteiger partial charge >= 0.3 is 0 Å². The fraction of sp³-hybridized carbons (Fsp3) is 0.579. The van der Waals surface area contributed by atoms with Gasteiger partial charge in [-0.1, -0.05) is 30.9 Å². The van der Waals surface area contributed by atoms with Crippen molar-refractivity contribution in [2.45, 2.75) is 50.9 Å². The van der Waals surface area contributed by atoms with Gasteiger partial charge in [0.2, 0.25) is 5.91 Å². The highest BCUT2D eigenvalue weighted by atomic mass is 35.5. The average molecular weight is 363 g/mol. The van der Waals surface area contributed by atoms with Crippen LogP contribution in [0.5, 0.6) is 0 Å². The zero-order valence-electron chi connectivity index (χ0n) is 13.8. The van der Waals surface area contributed by atoms with E-state index < -0.39 is 0 Å². The van der Waals surface area contributed by atoms with E-state index in [1.54, 1.807) is 11.3 Å². The van der Waals surface area contributed by atoms with Crippen LogP contribution in [0.25, 0.3) is 10.2 Å². The van der Waals surface area contributed by atoms with Gasteiger partial charge in [-0.2, -0.15) is 0 Å². The Bertz CT molecular complexity index is 730. The Balaban J connectivity index is 1.40. The molecule has 1 aromatic heterocycles. The molecule has 2 fully saturated rings. The molecule has 0 N–H and O–H groups in total. The Hall–Kier alpha value is -1.13. The number of rotatable bonds is 2. The largest absolute Gasteiger partial charge is 0.342 e. The Morgan fingerprint density at radius 2 is 1.88 bits per heavy atom. The topological polar surface area (TPSA) is 33.2 Å². The van der Waals surface area contributed by atoms with Crippen LogP contribution in [0, 0.1) is 5.92 Å². The summed E-state index contributed by atoms with van der Waals surface area (Å²) in [5.74, 6) is 1.18.